The van der Waals surface area contributed by atoms with Crippen LogP contribution in [0.4, 0.5) is 10.9 Å². The number of fused-ring (bicyclic) bond motifs is 1. The van der Waals surface area contributed by atoms with Crippen molar-refractivity contribution in [3.63, 3.8) is 0 Å². The van der Waals surface area contributed by atoms with Crippen LogP contribution in [0.2, 0.25) is 0 Å². The van der Waals surface area contributed by atoms with Gasteiger partial charge >= 0.3 is 0 Å². The Labute approximate surface area is 148 Å². The Bertz CT molecular complexity index is 920. The number of carbonyl (C=O) groups is 1. The fraction of sp³-hybridized carbons (Fsp3) is 0.294. The van der Waals surface area contributed by atoms with Crippen molar-refractivity contribution in [3.8, 4) is 0 Å². The maximum absolute atomic E-state index is 12.5. The first-order chi connectivity index (χ1) is 12.2. The Balaban J connectivity index is 1.53. The van der Waals surface area contributed by atoms with Crippen molar-refractivity contribution in [1.29, 1.82) is 0 Å². The van der Waals surface area contributed by atoms with Gasteiger partial charge in [0.25, 0.3) is 5.91 Å². The summed E-state index contributed by atoms with van der Waals surface area (Å²) in [6.07, 6.45) is 1.42. The number of thiazole rings is 1. The lowest BCUT2D eigenvalue weighted by Crippen LogP contribution is -2.37. The molecule has 1 N–H and O–H groups in total. The van der Waals surface area contributed by atoms with Gasteiger partial charge in [-0.3, -0.25) is 10.1 Å². The lowest BCUT2D eigenvalue weighted by atomic mass is 10.2. The number of hydrogen-bond donors (Lipinski definition) is 1. The van der Waals surface area contributed by atoms with E-state index in [1.807, 2.05) is 19.1 Å². The minimum absolute atomic E-state index is 0.285. The Kier molecular flexibility index (Phi) is 4.29. The molecule has 1 aliphatic rings. The molecule has 7 nitrogen and oxygen atoms in total. The third-order valence-electron chi connectivity index (χ3n) is 3.98. The first-order valence-corrected chi connectivity index (χ1v) is 8.84. The molecule has 1 fully saturated rings. The molecular weight excluding hydrogens is 338 g/mol. The molecule has 25 heavy (non-hydrogen) atoms. The molecular formula is C17H17N5O2S. The number of rotatable bonds is 3. The molecule has 4 rings (SSSR count). The Hall–Kier alpha value is -2.58. The standard InChI is InChI=1S/C17H17N5O2S/c1-11-2-3-12-14(8-11)25-17(20-12)21-16(23)13-9-15(19-10-18-13)22-4-6-24-7-5-22/h2-3,8-10H,4-7H2,1H3,(H,20,21,23). The highest BCUT2D eigenvalue weighted by Gasteiger charge is 2.16. The number of carbonyl (C=O) groups excluding carboxylic acids is 1. The van der Waals surface area contributed by atoms with Gasteiger partial charge in [-0.25, -0.2) is 15.0 Å². The SMILES string of the molecule is Cc1ccc2nc(NC(=O)c3cc(N4CCOCC4)ncn3)sc2c1. The van der Waals surface area contributed by atoms with Crippen LogP contribution in [0.1, 0.15) is 16.1 Å². The van der Waals surface area contributed by atoms with Gasteiger partial charge in [0.1, 0.15) is 17.8 Å². The number of morpholine rings is 1. The number of hydrogen-bond acceptors (Lipinski definition) is 7. The second kappa shape index (κ2) is 6.73. The molecule has 8 heteroatoms. The van der Waals surface area contributed by atoms with Crippen LogP contribution in [0.5, 0.6) is 0 Å². The van der Waals surface area contributed by atoms with Crippen LogP contribution in [-0.4, -0.2) is 47.2 Å². The molecule has 2 aromatic heterocycles. The summed E-state index contributed by atoms with van der Waals surface area (Å²) >= 11 is 1.45. The Morgan fingerprint density at radius 3 is 2.92 bits per heavy atom. The van der Waals surface area contributed by atoms with Crippen LogP contribution >= 0.6 is 11.3 Å². The lowest BCUT2D eigenvalue weighted by Gasteiger charge is -2.27. The highest BCUT2D eigenvalue weighted by atomic mass is 32.1. The van der Waals surface area contributed by atoms with E-state index in [0.29, 0.717) is 24.0 Å². The summed E-state index contributed by atoms with van der Waals surface area (Å²) in [5.41, 5.74) is 2.37. The summed E-state index contributed by atoms with van der Waals surface area (Å²) in [6, 6.07) is 7.73. The lowest BCUT2D eigenvalue weighted by molar-refractivity contribution is 0.102. The quantitative estimate of drug-likeness (QED) is 0.777. The predicted octanol–water partition coefficient (Wildman–Crippen LogP) is 2.48. The zero-order valence-corrected chi connectivity index (χ0v) is 14.5. The number of benzene rings is 1. The average Bonchev–Trinajstić information content (AvgIpc) is 3.04. The van der Waals surface area contributed by atoms with Crippen molar-refractivity contribution in [1.82, 2.24) is 15.0 Å². The monoisotopic (exact) mass is 355 g/mol. The van der Waals surface area contributed by atoms with Gasteiger partial charge in [-0.2, -0.15) is 0 Å². The summed E-state index contributed by atoms with van der Waals surface area (Å²) in [7, 11) is 0. The van der Waals surface area contributed by atoms with E-state index in [9.17, 15) is 4.79 Å². The van der Waals surface area contributed by atoms with E-state index in [-0.39, 0.29) is 5.91 Å². The summed E-state index contributed by atoms with van der Waals surface area (Å²) in [5.74, 6) is 0.455. The molecule has 0 atom stereocenters. The van der Waals surface area contributed by atoms with Gasteiger partial charge in [-0.15, -0.1) is 0 Å². The van der Waals surface area contributed by atoms with E-state index in [2.05, 4.69) is 31.2 Å². The zero-order chi connectivity index (χ0) is 17.2. The highest BCUT2D eigenvalue weighted by molar-refractivity contribution is 7.22. The number of anilines is 2. The summed E-state index contributed by atoms with van der Waals surface area (Å²) in [4.78, 5) is 27.4. The van der Waals surface area contributed by atoms with Crippen molar-refractivity contribution < 1.29 is 9.53 Å². The second-order valence-electron chi connectivity index (χ2n) is 5.81. The Morgan fingerprint density at radius 2 is 2.08 bits per heavy atom. The smallest absolute Gasteiger partial charge is 0.276 e. The molecule has 1 aliphatic heterocycles. The van der Waals surface area contributed by atoms with Gasteiger partial charge in [0.15, 0.2) is 5.13 Å². The molecule has 0 radical (unpaired) electrons. The minimum atomic E-state index is -0.285. The topological polar surface area (TPSA) is 80.2 Å². The molecule has 3 heterocycles. The van der Waals surface area contributed by atoms with Gasteiger partial charge in [0.2, 0.25) is 0 Å². The summed E-state index contributed by atoms with van der Waals surface area (Å²) in [5, 5.41) is 3.40. The molecule has 1 saturated heterocycles. The second-order valence-corrected chi connectivity index (χ2v) is 6.84. The first kappa shape index (κ1) is 15.9. The normalized spacial score (nSPS) is 14.7. The number of amides is 1. The van der Waals surface area contributed by atoms with E-state index in [4.69, 9.17) is 4.74 Å². The largest absolute Gasteiger partial charge is 0.378 e. The van der Waals surface area contributed by atoms with Crippen molar-refractivity contribution in [2.24, 2.45) is 0 Å². The minimum Gasteiger partial charge on any atom is -0.378 e. The zero-order valence-electron chi connectivity index (χ0n) is 13.7. The van der Waals surface area contributed by atoms with Crippen LogP contribution in [0.25, 0.3) is 10.2 Å². The first-order valence-electron chi connectivity index (χ1n) is 8.02. The number of nitrogens with zero attached hydrogens (tertiary/aromatic N) is 4. The maximum Gasteiger partial charge on any atom is 0.276 e. The van der Waals surface area contributed by atoms with E-state index in [1.165, 1.54) is 23.2 Å². The van der Waals surface area contributed by atoms with Gasteiger partial charge < -0.3 is 9.64 Å². The van der Waals surface area contributed by atoms with Gasteiger partial charge in [0.05, 0.1) is 23.4 Å². The van der Waals surface area contributed by atoms with Crippen molar-refractivity contribution in [2.45, 2.75) is 6.92 Å². The number of aromatic nitrogens is 3. The van der Waals surface area contributed by atoms with E-state index in [1.54, 1.807) is 6.07 Å². The van der Waals surface area contributed by atoms with Crippen LogP contribution in [0, 0.1) is 6.92 Å². The molecule has 0 saturated carbocycles. The molecule has 3 aromatic rings. The molecule has 128 valence electrons. The van der Waals surface area contributed by atoms with E-state index >= 15 is 0 Å². The molecule has 0 bridgehead atoms. The average molecular weight is 355 g/mol. The molecule has 0 spiro atoms. The van der Waals surface area contributed by atoms with E-state index in [0.717, 1.165) is 29.1 Å². The van der Waals surface area contributed by atoms with Gasteiger partial charge in [-0.1, -0.05) is 17.4 Å². The third kappa shape index (κ3) is 3.45. The van der Waals surface area contributed by atoms with Crippen molar-refractivity contribution >= 4 is 38.4 Å². The van der Waals surface area contributed by atoms with Crippen molar-refractivity contribution in [2.75, 3.05) is 36.5 Å². The predicted molar refractivity (Wildman–Crippen MR) is 97.4 cm³/mol. The summed E-state index contributed by atoms with van der Waals surface area (Å²) < 4.78 is 6.39. The Morgan fingerprint density at radius 1 is 1.24 bits per heavy atom. The van der Waals surface area contributed by atoms with Crippen LogP contribution < -0.4 is 10.2 Å². The molecule has 1 aromatic carbocycles. The maximum atomic E-state index is 12.5. The van der Waals surface area contributed by atoms with Crippen molar-refractivity contribution in [3.05, 3.63) is 41.9 Å². The third-order valence-corrected chi connectivity index (χ3v) is 4.92. The summed E-state index contributed by atoms with van der Waals surface area (Å²) in [6.45, 7) is 4.88. The van der Waals surface area contributed by atoms with Crippen LogP contribution in [0.3, 0.4) is 0 Å². The number of ether oxygens (including phenoxy) is 1. The fourth-order valence-corrected chi connectivity index (χ4v) is 3.64. The van der Waals surface area contributed by atoms with Gasteiger partial charge in [-0.05, 0) is 24.6 Å². The molecule has 1 amide bonds. The van der Waals surface area contributed by atoms with E-state index < -0.39 is 0 Å². The number of aryl methyl sites for hydroxylation is 1. The van der Waals surface area contributed by atoms with Gasteiger partial charge in [0, 0.05) is 19.2 Å². The van der Waals surface area contributed by atoms with Crippen LogP contribution in [0.15, 0.2) is 30.6 Å². The highest BCUT2D eigenvalue weighted by Crippen LogP contribution is 2.27. The van der Waals surface area contributed by atoms with Crippen LogP contribution in [-0.2, 0) is 4.74 Å². The molecule has 0 unspecified atom stereocenters. The fourth-order valence-electron chi connectivity index (χ4n) is 2.68. The molecule has 0 aliphatic carbocycles. The number of nitrogens with one attached hydrogen (secondary N) is 1.